The molecular weight excluding hydrogens is 292 g/mol. The minimum absolute atomic E-state index is 0.00993. The van der Waals surface area contributed by atoms with Gasteiger partial charge in [0.25, 0.3) is 5.91 Å². The molecule has 0 bridgehead atoms. The molecule has 0 saturated carbocycles. The molecular formula is C18H20N2O3. The first-order chi connectivity index (χ1) is 11.1. The molecule has 5 nitrogen and oxygen atoms in total. The molecule has 2 amide bonds. The summed E-state index contributed by atoms with van der Waals surface area (Å²) in [7, 11) is 0. The molecule has 23 heavy (non-hydrogen) atoms. The lowest BCUT2D eigenvalue weighted by Crippen LogP contribution is -2.35. The number of furan rings is 1. The van der Waals surface area contributed by atoms with E-state index in [0.717, 1.165) is 29.8 Å². The fraction of sp³-hybridized carbons (Fsp3) is 0.333. The van der Waals surface area contributed by atoms with Crippen LogP contribution in [0.15, 0.2) is 41.0 Å². The lowest BCUT2D eigenvalue weighted by Gasteiger charge is -2.29. The third-order valence-corrected chi connectivity index (χ3v) is 3.97. The van der Waals surface area contributed by atoms with Gasteiger partial charge in [0, 0.05) is 23.8 Å². The normalized spacial score (nSPS) is 13.8. The molecule has 1 N–H and O–H groups in total. The number of carbonyl (C=O) groups excluding carboxylic acids is 2. The van der Waals surface area contributed by atoms with Crippen LogP contribution in [0.2, 0.25) is 0 Å². The average Bonchev–Trinajstić information content (AvgIpc) is 3.07. The third kappa shape index (κ3) is 3.13. The Balaban J connectivity index is 1.85. The number of benzene rings is 1. The van der Waals surface area contributed by atoms with Crippen molar-refractivity contribution in [1.82, 2.24) is 0 Å². The summed E-state index contributed by atoms with van der Waals surface area (Å²) in [4.78, 5) is 26.1. The monoisotopic (exact) mass is 312 g/mol. The number of hydrogen-bond donors (Lipinski definition) is 1. The third-order valence-electron chi connectivity index (χ3n) is 3.97. The van der Waals surface area contributed by atoms with E-state index in [0.29, 0.717) is 12.3 Å². The van der Waals surface area contributed by atoms with Crippen molar-refractivity contribution < 1.29 is 14.0 Å². The molecule has 2 aromatic rings. The second-order valence-electron chi connectivity index (χ2n) is 6.03. The Hall–Kier alpha value is -2.56. The van der Waals surface area contributed by atoms with Crippen LogP contribution in [0.5, 0.6) is 0 Å². The summed E-state index contributed by atoms with van der Waals surface area (Å²) in [5, 5.41) is 2.90. The van der Waals surface area contributed by atoms with Gasteiger partial charge in [0.05, 0.1) is 6.26 Å². The predicted molar refractivity (Wildman–Crippen MR) is 88.6 cm³/mol. The van der Waals surface area contributed by atoms with Gasteiger partial charge in [-0.25, -0.2) is 0 Å². The zero-order chi connectivity index (χ0) is 16.4. The maximum absolute atomic E-state index is 12.5. The summed E-state index contributed by atoms with van der Waals surface area (Å²) in [6, 6.07) is 9.08. The van der Waals surface area contributed by atoms with Crippen molar-refractivity contribution in [1.29, 1.82) is 0 Å². The highest BCUT2D eigenvalue weighted by atomic mass is 16.3. The number of fused-ring (bicyclic) bond motifs is 1. The number of aryl methyl sites for hydroxylation is 1. The molecule has 0 spiro atoms. The molecule has 0 saturated heterocycles. The zero-order valence-corrected chi connectivity index (χ0v) is 13.3. The van der Waals surface area contributed by atoms with Crippen molar-refractivity contribution in [2.75, 3.05) is 16.8 Å². The molecule has 0 fully saturated rings. The first kappa shape index (κ1) is 15.3. The van der Waals surface area contributed by atoms with Crippen LogP contribution in [-0.4, -0.2) is 18.4 Å². The molecule has 120 valence electrons. The Bertz CT molecular complexity index is 720. The summed E-state index contributed by atoms with van der Waals surface area (Å²) in [6.07, 6.45) is 3.28. The second-order valence-corrected chi connectivity index (χ2v) is 6.03. The van der Waals surface area contributed by atoms with E-state index < -0.39 is 0 Å². The number of hydrogen-bond acceptors (Lipinski definition) is 3. The molecule has 2 heterocycles. The van der Waals surface area contributed by atoms with E-state index in [2.05, 4.69) is 5.32 Å². The van der Waals surface area contributed by atoms with Crippen LogP contribution in [0, 0.1) is 5.92 Å². The summed E-state index contributed by atoms with van der Waals surface area (Å²) in [5.41, 5.74) is 2.73. The van der Waals surface area contributed by atoms with Gasteiger partial charge < -0.3 is 14.6 Å². The first-order valence-corrected chi connectivity index (χ1v) is 7.85. The van der Waals surface area contributed by atoms with E-state index in [1.54, 1.807) is 17.0 Å². The van der Waals surface area contributed by atoms with Crippen LogP contribution < -0.4 is 10.2 Å². The maximum Gasteiger partial charge on any atom is 0.293 e. The largest absolute Gasteiger partial charge is 0.459 e. The number of nitrogens with one attached hydrogen (secondary N) is 1. The number of anilines is 2. The van der Waals surface area contributed by atoms with Crippen molar-refractivity contribution >= 4 is 23.2 Å². The van der Waals surface area contributed by atoms with Crippen molar-refractivity contribution in [3.63, 3.8) is 0 Å². The smallest absolute Gasteiger partial charge is 0.293 e. The Morgan fingerprint density at radius 3 is 2.78 bits per heavy atom. The van der Waals surface area contributed by atoms with Gasteiger partial charge in [0.2, 0.25) is 5.91 Å². The van der Waals surface area contributed by atoms with E-state index in [1.807, 2.05) is 32.0 Å². The average molecular weight is 312 g/mol. The second kappa shape index (κ2) is 6.28. The van der Waals surface area contributed by atoms with Gasteiger partial charge in [-0.05, 0) is 48.7 Å². The minimum Gasteiger partial charge on any atom is -0.459 e. The number of carbonyl (C=O) groups is 2. The Morgan fingerprint density at radius 1 is 1.26 bits per heavy atom. The Morgan fingerprint density at radius 2 is 2.09 bits per heavy atom. The number of nitrogens with zero attached hydrogens (tertiary/aromatic N) is 1. The van der Waals surface area contributed by atoms with Crippen LogP contribution in [0.1, 0.15) is 36.4 Å². The first-order valence-electron chi connectivity index (χ1n) is 7.85. The summed E-state index contributed by atoms with van der Waals surface area (Å²) < 4.78 is 5.22. The Kier molecular flexibility index (Phi) is 4.19. The van der Waals surface area contributed by atoms with Crippen molar-refractivity contribution in [3.05, 3.63) is 47.9 Å². The van der Waals surface area contributed by atoms with Gasteiger partial charge in [-0.3, -0.25) is 9.59 Å². The van der Waals surface area contributed by atoms with E-state index in [1.165, 1.54) is 6.26 Å². The SMILES string of the molecule is CC(C)C(=O)Nc1ccc2c(c1)CCCN2C(=O)c1ccco1. The van der Waals surface area contributed by atoms with Crippen LogP contribution in [0.4, 0.5) is 11.4 Å². The molecule has 0 radical (unpaired) electrons. The topological polar surface area (TPSA) is 62.6 Å². The standard InChI is InChI=1S/C18H20N2O3/c1-12(2)17(21)19-14-7-8-15-13(11-14)5-3-9-20(15)18(22)16-6-4-10-23-16/h4,6-8,10-12H,3,5,9H2,1-2H3,(H,19,21). The van der Waals surface area contributed by atoms with Gasteiger partial charge in [-0.15, -0.1) is 0 Å². The van der Waals surface area contributed by atoms with Crippen molar-refractivity contribution in [2.45, 2.75) is 26.7 Å². The summed E-state index contributed by atoms with van der Waals surface area (Å²) >= 11 is 0. The molecule has 0 unspecified atom stereocenters. The highest BCUT2D eigenvalue weighted by molar-refractivity contribution is 6.05. The van der Waals surface area contributed by atoms with Crippen LogP contribution in [0.3, 0.4) is 0 Å². The lowest BCUT2D eigenvalue weighted by atomic mass is 10.0. The van der Waals surface area contributed by atoms with E-state index in [4.69, 9.17) is 4.42 Å². The molecule has 1 aliphatic rings. The molecule has 0 atom stereocenters. The Labute approximate surface area is 135 Å². The fourth-order valence-electron chi connectivity index (χ4n) is 2.71. The zero-order valence-electron chi connectivity index (χ0n) is 13.3. The fourth-order valence-corrected chi connectivity index (χ4v) is 2.71. The molecule has 5 heteroatoms. The minimum atomic E-state index is -0.130. The van der Waals surface area contributed by atoms with Gasteiger partial charge in [0.1, 0.15) is 0 Å². The molecule has 0 aliphatic carbocycles. The predicted octanol–water partition coefficient (Wildman–Crippen LogP) is 3.47. The maximum atomic E-state index is 12.5. The van der Waals surface area contributed by atoms with Gasteiger partial charge in [-0.1, -0.05) is 13.8 Å². The molecule has 1 aromatic heterocycles. The van der Waals surface area contributed by atoms with Gasteiger partial charge in [-0.2, -0.15) is 0 Å². The number of rotatable bonds is 3. The highest BCUT2D eigenvalue weighted by Gasteiger charge is 2.25. The molecule has 1 aromatic carbocycles. The number of amides is 2. The van der Waals surface area contributed by atoms with Crippen molar-refractivity contribution in [2.24, 2.45) is 5.92 Å². The quantitative estimate of drug-likeness (QED) is 0.944. The van der Waals surface area contributed by atoms with Crippen LogP contribution in [-0.2, 0) is 11.2 Å². The summed E-state index contributed by atoms with van der Waals surface area (Å²) in [5.74, 6) is 0.136. The van der Waals surface area contributed by atoms with Crippen molar-refractivity contribution in [3.8, 4) is 0 Å². The van der Waals surface area contributed by atoms with E-state index in [9.17, 15) is 9.59 Å². The van der Waals surface area contributed by atoms with Gasteiger partial charge in [0.15, 0.2) is 5.76 Å². The van der Waals surface area contributed by atoms with Crippen LogP contribution >= 0.6 is 0 Å². The van der Waals surface area contributed by atoms with E-state index in [-0.39, 0.29) is 17.7 Å². The lowest BCUT2D eigenvalue weighted by molar-refractivity contribution is -0.118. The summed E-state index contributed by atoms with van der Waals surface area (Å²) in [6.45, 7) is 4.39. The van der Waals surface area contributed by atoms with Crippen LogP contribution in [0.25, 0.3) is 0 Å². The molecule has 3 rings (SSSR count). The molecule has 1 aliphatic heterocycles. The van der Waals surface area contributed by atoms with Gasteiger partial charge >= 0.3 is 0 Å². The van der Waals surface area contributed by atoms with E-state index >= 15 is 0 Å². The highest BCUT2D eigenvalue weighted by Crippen LogP contribution is 2.31.